The second-order valence-corrected chi connectivity index (χ2v) is 8.01. The van der Waals surface area contributed by atoms with Crippen LogP contribution in [0.15, 0.2) is 47.8 Å². The second-order valence-electron chi connectivity index (χ2n) is 7.06. The van der Waals surface area contributed by atoms with E-state index in [-0.39, 0.29) is 30.4 Å². The molecule has 3 aromatic rings. The Morgan fingerprint density at radius 3 is 2.48 bits per heavy atom. The van der Waals surface area contributed by atoms with Crippen molar-refractivity contribution in [2.75, 3.05) is 13.2 Å². The molecular weight excluding hydrogens is 454 g/mol. The number of ether oxygens (including phenoxy) is 2. The van der Waals surface area contributed by atoms with Crippen LogP contribution < -0.4 is 10.1 Å². The van der Waals surface area contributed by atoms with Crippen LogP contribution in [-0.2, 0) is 9.53 Å². The van der Waals surface area contributed by atoms with Crippen molar-refractivity contribution >= 4 is 29.0 Å². The van der Waals surface area contributed by atoms with Gasteiger partial charge in [-0.2, -0.15) is 8.78 Å². The molecule has 0 fully saturated rings. The zero-order valence-electron chi connectivity index (χ0n) is 18.0. The number of aromatic nitrogens is 1. The van der Waals surface area contributed by atoms with Crippen molar-refractivity contribution in [1.29, 1.82) is 0 Å². The number of aryl methyl sites for hydroxylation is 1. The van der Waals surface area contributed by atoms with Gasteiger partial charge in [-0.15, -0.1) is 11.3 Å². The Morgan fingerprint density at radius 1 is 1.12 bits per heavy atom. The van der Waals surface area contributed by atoms with Crippen LogP contribution in [0.1, 0.15) is 37.8 Å². The molecule has 0 aliphatic carbocycles. The molecule has 0 spiro atoms. The minimum absolute atomic E-state index is 0.0333. The van der Waals surface area contributed by atoms with Gasteiger partial charge >= 0.3 is 12.6 Å². The smallest absolute Gasteiger partial charge is 0.387 e. The molecule has 1 aromatic carbocycles. The average Bonchev–Trinajstić information content (AvgIpc) is 3.41. The van der Waals surface area contributed by atoms with Crippen LogP contribution in [0.5, 0.6) is 5.75 Å². The van der Waals surface area contributed by atoms with Crippen molar-refractivity contribution in [2.45, 2.75) is 26.9 Å². The first-order valence-corrected chi connectivity index (χ1v) is 10.9. The number of carbonyl (C=O) groups excluding carboxylic acids is 3. The number of carbonyl (C=O) groups is 3. The molecule has 2 aromatic heterocycles. The number of halogens is 2. The minimum Gasteiger partial charge on any atom is -0.457 e. The van der Waals surface area contributed by atoms with E-state index in [4.69, 9.17) is 4.74 Å². The quantitative estimate of drug-likeness (QED) is 0.348. The van der Waals surface area contributed by atoms with Crippen LogP contribution in [0.4, 0.5) is 8.78 Å². The zero-order chi connectivity index (χ0) is 24.0. The van der Waals surface area contributed by atoms with Gasteiger partial charge in [0.05, 0.1) is 11.3 Å². The number of benzene rings is 1. The number of nitrogens with zero attached hydrogens (tertiary/aromatic N) is 1. The van der Waals surface area contributed by atoms with E-state index >= 15 is 0 Å². The van der Waals surface area contributed by atoms with Crippen molar-refractivity contribution in [3.63, 3.8) is 0 Å². The number of amides is 1. The molecule has 1 amide bonds. The van der Waals surface area contributed by atoms with Crippen molar-refractivity contribution in [3.05, 3.63) is 69.7 Å². The van der Waals surface area contributed by atoms with Gasteiger partial charge < -0.3 is 19.4 Å². The molecule has 174 valence electrons. The van der Waals surface area contributed by atoms with Crippen LogP contribution in [0.2, 0.25) is 0 Å². The Kier molecular flexibility index (Phi) is 7.94. The molecule has 3 rings (SSSR count). The molecule has 2 heterocycles. The number of hydrogen-bond donors (Lipinski definition) is 1. The average molecular weight is 477 g/mol. The van der Waals surface area contributed by atoms with Crippen LogP contribution in [0, 0.1) is 13.8 Å². The number of esters is 1. The standard InChI is InChI=1S/C23H22F2N2O5S/c1-14-12-18(15(2)27(14)16-5-7-17(8-6-16)32-23(24)25)19(28)13-31-21(29)9-10-26-22(30)20-4-3-11-33-20/h3-8,11-12,23H,9-10,13H2,1-2H3,(H,26,30). The molecule has 1 N–H and O–H groups in total. The van der Waals surface area contributed by atoms with Crippen LogP contribution in [0.3, 0.4) is 0 Å². The molecule has 33 heavy (non-hydrogen) atoms. The van der Waals surface area contributed by atoms with E-state index in [1.165, 1.54) is 23.5 Å². The molecule has 0 bridgehead atoms. The van der Waals surface area contributed by atoms with Crippen molar-refractivity contribution in [2.24, 2.45) is 0 Å². The monoisotopic (exact) mass is 476 g/mol. The van der Waals surface area contributed by atoms with Gasteiger partial charge in [0.2, 0.25) is 5.78 Å². The molecule has 7 nitrogen and oxygen atoms in total. The Balaban J connectivity index is 1.55. The van der Waals surface area contributed by atoms with Crippen LogP contribution in [-0.4, -0.2) is 42.0 Å². The van der Waals surface area contributed by atoms with E-state index in [2.05, 4.69) is 10.1 Å². The summed E-state index contributed by atoms with van der Waals surface area (Å²) >= 11 is 1.30. The van der Waals surface area contributed by atoms with Gasteiger partial charge in [-0.05, 0) is 55.6 Å². The van der Waals surface area contributed by atoms with Gasteiger partial charge in [-0.25, -0.2) is 0 Å². The third kappa shape index (κ3) is 6.26. The summed E-state index contributed by atoms with van der Waals surface area (Å²) in [5.41, 5.74) is 2.43. The summed E-state index contributed by atoms with van der Waals surface area (Å²) in [6.45, 7) is 0.309. The summed E-state index contributed by atoms with van der Waals surface area (Å²) < 4.78 is 35.9. The Labute approximate surface area is 192 Å². The lowest BCUT2D eigenvalue weighted by Crippen LogP contribution is -2.26. The number of thiophene rings is 1. The normalized spacial score (nSPS) is 10.8. The summed E-state index contributed by atoms with van der Waals surface area (Å²) in [7, 11) is 0. The van der Waals surface area contributed by atoms with Gasteiger partial charge in [-0.1, -0.05) is 6.07 Å². The first-order valence-electron chi connectivity index (χ1n) is 10.0. The highest BCUT2D eigenvalue weighted by Gasteiger charge is 2.18. The zero-order valence-corrected chi connectivity index (χ0v) is 18.8. The fourth-order valence-corrected chi connectivity index (χ4v) is 3.93. The maximum atomic E-state index is 12.6. The molecule has 0 unspecified atom stereocenters. The summed E-state index contributed by atoms with van der Waals surface area (Å²) in [6.07, 6.45) is -0.0591. The van der Waals surface area contributed by atoms with E-state index in [9.17, 15) is 23.2 Å². The fraction of sp³-hybridized carbons (Fsp3) is 0.261. The lowest BCUT2D eigenvalue weighted by atomic mass is 10.1. The van der Waals surface area contributed by atoms with Crippen molar-refractivity contribution in [3.8, 4) is 11.4 Å². The Hall–Kier alpha value is -3.53. The third-order valence-electron chi connectivity index (χ3n) is 4.78. The van der Waals surface area contributed by atoms with Crippen molar-refractivity contribution < 1.29 is 32.6 Å². The van der Waals surface area contributed by atoms with E-state index in [0.717, 1.165) is 5.69 Å². The lowest BCUT2D eigenvalue weighted by molar-refractivity contribution is -0.142. The Bertz CT molecular complexity index is 1120. The van der Waals surface area contributed by atoms with Gasteiger partial charge in [0.25, 0.3) is 5.91 Å². The van der Waals surface area contributed by atoms with E-state index < -0.39 is 19.2 Å². The number of Topliss-reactive ketones (excluding diaryl/α,β-unsaturated/α-hetero) is 1. The van der Waals surface area contributed by atoms with Crippen LogP contribution >= 0.6 is 11.3 Å². The van der Waals surface area contributed by atoms with Gasteiger partial charge in [0, 0.05) is 29.2 Å². The van der Waals surface area contributed by atoms with E-state index in [1.807, 2.05) is 0 Å². The highest BCUT2D eigenvalue weighted by atomic mass is 32.1. The Morgan fingerprint density at radius 2 is 1.85 bits per heavy atom. The predicted octanol–water partition coefficient (Wildman–Crippen LogP) is 4.30. The first-order chi connectivity index (χ1) is 15.8. The number of alkyl halides is 2. The predicted molar refractivity (Wildman–Crippen MR) is 118 cm³/mol. The summed E-state index contributed by atoms with van der Waals surface area (Å²) in [5, 5.41) is 4.40. The second kappa shape index (κ2) is 10.9. The molecule has 0 aliphatic rings. The van der Waals surface area contributed by atoms with Gasteiger partial charge in [0.15, 0.2) is 6.61 Å². The number of ketones is 1. The third-order valence-corrected chi connectivity index (χ3v) is 5.64. The molecule has 0 radical (unpaired) electrons. The highest BCUT2D eigenvalue weighted by molar-refractivity contribution is 7.12. The summed E-state index contributed by atoms with van der Waals surface area (Å²) in [6, 6.07) is 11.2. The van der Waals surface area contributed by atoms with Crippen molar-refractivity contribution in [1.82, 2.24) is 9.88 Å². The molecular formula is C23H22F2N2O5S. The SMILES string of the molecule is Cc1cc(C(=O)COC(=O)CCNC(=O)c2cccs2)c(C)n1-c1ccc(OC(F)F)cc1. The molecule has 10 heteroatoms. The van der Waals surface area contributed by atoms with Crippen LogP contribution in [0.25, 0.3) is 5.69 Å². The molecule has 0 aliphatic heterocycles. The lowest BCUT2D eigenvalue weighted by Gasteiger charge is -2.11. The number of rotatable bonds is 10. The molecule has 0 atom stereocenters. The number of hydrogen-bond acceptors (Lipinski definition) is 6. The molecule has 0 saturated heterocycles. The first kappa shape index (κ1) is 24.1. The topological polar surface area (TPSA) is 86.6 Å². The van der Waals surface area contributed by atoms with Gasteiger partial charge in [0.1, 0.15) is 5.75 Å². The fourth-order valence-electron chi connectivity index (χ4n) is 3.29. The van der Waals surface area contributed by atoms with Gasteiger partial charge in [-0.3, -0.25) is 14.4 Å². The van der Waals surface area contributed by atoms with E-state index in [1.54, 1.807) is 54.1 Å². The number of nitrogens with one attached hydrogen (secondary N) is 1. The molecule has 0 saturated carbocycles. The summed E-state index contributed by atoms with van der Waals surface area (Å²) in [4.78, 5) is 36.9. The highest BCUT2D eigenvalue weighted by Crippen LogP contribution is 2.24. The maximum absolute atomic E-state index is 12.6. The largest absolute Gasteiger partial charge is 0.457 e. The maximum Gasteiger partial charge on any atom is 0.387 e. The summed E-state index contributed by atoms with van der Waals surface area (Å²) in [5.74, 6) is -1.21. The van der Waals surface area contributed by atoms with E-state index in [0.29, 0.717) is 21.8 Å². The minimum atomic E-state index is -2.91.